The van der Waals surface area contributed by atoms with E-state index < -0.39 is 20.7 Å². The van der Waals surface area contributed by atoms with Crippen LogP contribution in [0.2, 0.25) is 0 Å². The Morgan fingerprint density at radius 1 is 1.00 bits per heavy atom. The molecule has 0 atom stereocenters. The van der Waals surface area contributed by atoms with Crippen LogP contribution in [0.5, 0.6) is 0 Å². The van der Waals surface area contributed by atoms with Gasteiger partial charge >= 0.3 is 20.7 Å². The Balaban J connectivity index is 0. The lowest BCUT2D eigenvalue weighted by Crippen LogP contribution is -2.23. The molecule has 0 aliphatic rings. The highest BCUT2D eigenvalue weighted by Gasteiger charge is 1.98. The van der Waals surface area contributed by atoms with Gasteiger partial charge in [0.2, 0.25) is 0 Å². The van der Waals surface area contributed by atoms with Crippen LogP contribution < -0.4 is 4.72 Å². The third-order valence-electron chi connectivity index (χ3n) is 0.619. The lowest BCUT2D eigenvalue weighted by atomic mass is 10.5. The second kappa shape index (κ2) is 7.05. The van der Waals surface area contributed by atoms with Crippen molar-refractivity contribution < 1.29 is 35.6 Å². The zero-order chi connectivity index (χ0) is 11.8. The molecule has 0 aromatic heterocycles. The van der Waals surface area contributed by atoms with Crippen molar-refractivity contribution in [2.24, 2.45) is 0 Å². The third kappa shape index (κ3) is 41.2. The fourth-order valence-electron chi connectivity index (χ4n) is 0.280. The average molecular weight is 253 g/mol. The van der Waals surface area contributed by atoms with Gasteiger partial charge < -0.3 is 5.11 Å². The minimum atomic E-state index is -4.67. The summed E-state index contributed by atoms with van der Waals surface area (Å²) in [6.45, 7) is -0.0299. The summed E-state index contributed by atoms with van der Waals surface area (Å²) in [5.74, 6) is 0. The third-order valence-corrected chi connectivity index (χ3v) is 1.19. The predicted octanol–water partition coefficient (Wildman–Crippen LogP) is -1.89. The highest BCUT2D eigenvalue weighted by Crippen LogP contribution is 1.75. The zero-order valence-electron chi connectivity index (χ0n) is 6.86. The normalized spacial score (nSPS) is 11.7. The molecule has 11 heteroatoms. The van der Waals surface area contributed by atoms with Crippen molar-refractivity contribution in [3.8, 4) is 0 Å². The first kappa shape index (κ1) is 16.1. The van der Waals surface area contributed by atoms with E-state index in [-0.39, 0.29) is 13.2 Å². The Hall–Kier alpha value is -0.300. The van der Waals surface area contributed by atoms with E-state index in [1.165, 1.54) is 0 Å². The van der Waals surface area contributed by atoms with Crippen molar-refractivity contribution in [1.82, 2.24) is 4.72 Å². The first-order chi connectivity index (χ1) is 6.06. The molecule has 0 aromatic carbocycles. The number of aliphatic hydroxyl groups excluding tert-OH is 1. The van der Waals surface area contributed by atoms with Crippen LogP contribution in [0.25, 0.3) is 0 Å². The summed E-state index contributed by atoms with van der Waals surface area (Å²) in [6, 6.07) is 0. The van der Waals surface area contributed by atoms with Crippen LogP contribution in [0, 0.1) is 0 Å². The number of hydrogen-bond acceptors (Lipinski definition) is 5. The Morgan fingerprint density at radius 2 is 1.36 bits per heavy atom. The van der Waals surface area contributed by atoms with E-state index in [0.29, 0.717) is 6.42 Å². The molecule has 0 saturated carbocycles. The smallest absolute Gasteiger partial charge is 0.394 e. The summed E-state index contributed by atoms with van der Waals surface area (Å²) >= 11 is 0. The van der Waals surface area contributed by atoms with Crippen LogP contribution in [0.3, 0.4) is 0 Å². The quantitative estimate of drug-likeness (QED) is 0.287. The van der Waals surface area contributed by atoms with Crippen molar-refractivity contribution >= 4 is 20.7 Å². The molecule has 88 valence electrons. The molecule has 0 aliphatic heterocycles. The van der Waals surface area contributed by atoms with Gasteiger partial charge in [0.15, 0.2) is 0 Å². The molecule has 0 radical (unpaired) electrons. The van der Waals surface area contributed by atoms with Crippen molar-refractivity contribution in [3.05, 3.63) is 0 Å². The van der Waals surface area contributed by atoms with E-state index in [1.54, 1.807) is 4.72 Å². The first-order valence-corrected chi connectivity index (χ1v) is 5.93. The largest absolute Gasteiger partial charge is 0.396 e. The molecular formula is C3H11NO8S2. The second-order valence-corrected chi connectivity index (χ2v) is 4.03. The van der Waals surface area contributed by atoms with Crippen LogP contribution in [-0.2, 0) is 20.7 Å². The highest BCUT2D eigenvalue weighted by molar-refractivity contribution is 7.83. The standard InChI is InChI=1S/C3H9NO4S.H2O4S/c5-3-1-2-4-9(6,7)8;1-5(2,3)4/h4-5H,1-3H2,(H,6,7,8);(H2,1,2,3,4). The van der Waals surface area contributed by atoms with Crippen LogP contribution in [-0.4, -0.2) is 48.8 Å². The van der Waals surface area contributed by atoms with Crippen LogP contribution in [0.15, 0.2) is 0 Å². The summed E-state index contributed by atoms with van der Waals surface area (Å²) in [5.41, 5.74) is 0. The number of nitrogens with one attached hydrogen (secondary N) is 1. The van der Waals surface area contributed by atoms with Gasteiger partial charge in [0.1, 0.15) is 0 Å². The average Bonchev–Trinajstić information content (AvgIpc) is 1.80. The minimum absolute atomic E-state index is 0.0648. The van der Waals surface area contributed by atoms with Gasteiger partial charge in [-0.2, -0.15) is 21.6 Å². The molecule has 5 N–H and O–H groups in total. The van der Waals surface area contributed by atoms with E-state index in [2.05, 4.69) is 0 Å². The monoisotopic (exact) mass is 253 g/mol. The van der Waals surface area contributed by atoms with Crippen molar-refractivity contribution in [3.63, 3.8) is 0 Å². The fourth-order valence-corrected chi connectivity index (χ4v) is 0.682. The molecule has 0 saturated heterocycles. The molecule has 0 rings (SSSR count). The number of rotatable bonds is 4. The zero-order valence-corrected chi connectivity index (χ0v) is 8.49. The summed E-state index contributed by atoms with van der Waals surface area (Å²) in [6.07, 6.45) is 0.305. The van der Waals surface area contributed by atoms with Gasteiger partial charge in [0, 0.05) is 13.2 Å². The van der Waals surface area contributed by atoms with E-state index in [4.69, 9.17) is 27.2 Å². The first-order valence-electron chi connectivity index (χ1n) is 3.09. The molecule has 9 nitrogen and oxygen atoms in total. The van der Waals surface area contributed by atoms with E-state index in [1.807, 2.05) is 0 Å². The van der Waals surface area contributed by atoms with Crippen LogP contribution in [0.4, 0.5) is 0 Å². The van der Waals surface area contributed by atoms with Crippen molar-refractivity contribution in [2.75, 3.05) is 13.2 Å². The van der Waals surface area contributed by atoms with Gasteiger partial charge in [-0.15, -0.1) is 0 Å². The maximum absolute atomic E-state index is 9.87. The summed E-state index contributed by atoms with van der Waals surface area (Å²) < 4.78 is 61.1. The van der Waals surface area contributed by atoms with E-state index in [0.717, 1.165) is 0 Å². The molecular weight excluding hydrogens is 242 g/mol. The van der Waals surface area contributed by atoms with Crippen molar-refractivity contribution in [1.29, 1.82) is 0 Å². The van der Waals surface area contributed by atoms with E-state index in [9.17, 15) is 8.42 Å². The van der Waals surface area contributed by atoms with Gasteiger partial charge in [-0.25, -0.2) is 0 Å². The SMILES string of the molecule is O=S(=O)(O)NCCCO.O=S(=O)(O)O. The molecule has 0 aliphatic carbocycles. The van der Waals surface area contributed by atoms with Crippen molar-refractivity contribution in [2.45, 2.75) is 6.42 Å². The van der Waals surface area contributed by atoms with Crippen LogP contribution >= 0.6 is 0 Å². The van der Waals surface area contributed by atoms with Gasteiger partial charge in [-0.1, -0.05) is 0 Å². The Labute approximate surface area is 81.2 Å². The number of hydrogen-bond donors (Lipinski definition) is 5. The lowest BCUT2D eigenvalue weighted by Gasteiger charge is -1.95. The molecule has 0 spiro atoms. The Morgan fingerprint density at radius 3 is 1.57 bits per heavy atom. The Kier molecular flexibility index (Phi) is 8.13. The highest BCUT2D eigenvalue weighted by atomic mass is 32.3. The molecule has 0 amide bonds. The lowest BCUT2D eigenvalue weighted by molar-refractivity contribution is 0.288. The fraction of sp³-hybridized carbons (Fsp3) is 1.00. The van der Waals surface area contributed by atoms with Gasteiger partial charge in [0.05, 0.1) is 0 Å². The summed E-state index contributed by atoms with van der Waals surface area (Å²) in [4.78, 5) is 0. The number of aliphatic hydroxyl groups is 1. The van der Waals surface area contributed by atoms with Gasteiger partial charge in [-0.3, -0.25) is 13.7 Å². The summed E-state index contributed by atoms with van der Waals surface area (Å²) in [7, 11) is -8.72. The maximum Gasteiger partial charge on any atom is 0.394 e. The molecule has 0 fully saturated rings. The summed E-state index contributed by atoms with van der Waals surface area (Å²) in [5, 5.41) is 8.15. The van der Waals surface area contributed by atoms with E-state index >= 15 is 0 Å². The minimum Gasteiger partial charge on any atom is -0.396 e. The van der Waals surface area contributed by atoms with Crippen LogP contribution in [0.1, 0.15) is 6.42 Å². The Bertz CT molecular complexity index is 308. The van der Waals surface area contributed by atoms with Gasteiger partial charge in [-0.05, 0) is 6.42 Å². The molecule has 0 heterocycles. The second-order valence-electron chi connectivity index (χ2n) is 1.89. The molecule has 0 aromatic rings. The predicted molar refractivity (Wildman–Crippen MR) is 45.4 cm³/mol. The van der Waals surface area contributed by atoms with Gasteiger partial charge in [0.25, 0.3) is 0 Å². The topological polar surface area (TPSA) is 161 Å². The molecule has 0 unspecified atom stereocenters. The maximum atomic E-state index is 9.87. The molecule has 0 bridgehead atoms. The molecule has 14 heavy (non-hydrogen) atoms.